The molecular formula is C28H32FN7O2. The van der Waals surface area contributed by atoms with E-state index in [9.17, 15) is 9.18 Å². The lowest BCUT2D eigenvalue weighted by Crippen LogP contribution is -2.49. The molecule has 0 saturated carbocycles. The van der Waals surface area contributed by atoms with Crippen LogP contribution >= 0.6 is 0 Å². The van der Waals surface area contributed by atoms with Crippen LogP contribution in [-0.4, -0.2) is 69.0 Å². The Kier molecular flexibility index (Phi) is 6.67. The van der Waals surface area contributed by atoms with E-state index in [2.05, 4.69) is 42.4 Å². The Morgan fingerprint density at radius 2 is 1.89 bits per heavy atom. The van der Waals surface area contributed by atoms with Gasteiger partial charge in [-0.05, 0) is 84.0 Å². The summed E-state index contributed by atoms with van der Waals surface area (Å²) in [4.78, 5) is 21.3. The van der Waals surface area contributed by atoms with Crippen LogP contribution in [-0.2, 0) is 11.3 Å². The van der Waals surface area contributed by atoms with Crippen LogP contribution in [0.3, 0.4) is 0 Å². The van der Waals surface area contributed by atoms with Gasteiger partial charge >= 0.3 is 0 Å². The number of aromatic amines is 1. The van der Waals surface area contributed by atoms with Crippen LogP contribution in [0.5, 0.6) is 0 Å². The summed E-state index contributed by atoms with van der Waals surface area (Å²) in [5.41, 5.74) is 4.54. The maximum Gasteiger partial charge on any atom is 0.253 e. The molecular weight excluding hydrogens is 485 g/mol. The molecule has 2 aliphatic rings. The van der Waals surface area contributed by atoms with E-state index in [-0.39, 0.29) is 17.5 Å². The molecule has 38 heavy (non-hydrogen) atoms. The molecule has 2 aromatic heterocycles. The molecule has 4 aromatic rings. The van der Waals surface area contributed by atoms with E-state index in [1.807, 2.05) is 32.0 Å². The first-order chi connectivity index (χ1) is 18.5. The zero-order chi connectivity index (χ0) is 26.2. The number of hydrogen-bond donors (Lipinski definition) is 1. The van der Waals surface area contributed by atoms with E-state index in [1.165, 1.54) is 12.1 Å². The topological polar surface area (TPSA) is 92.2 Å². The van der Waals surface area contributed by atoms with E-state index in [4.69, 9.17) is 4.74 Å². The molecule has 1 N–H and O–H groups in total. The summed E-state index contributed by atoms with van der Waals surface area (Å²) in [6, 6.07) is 12.3. The van der Waals surface area contributed by atoms with Crippen molar-refractivity contribution in [3.8, 4) is 0 Å². The molecule has 2 aromatic carbocycles. The predicted octanol–water partition coefficient (Wildman–Crippen LogP) is 3.36. The number of aryl methyl sites for hydroxylation is 2. The summed E-state index contributed by atoms with van der Waals surface area (Å²) in [5.74, 6) is 0.399. The number of benzene rings is 2. The van der Waals surface area contributed by atoms with Crippen LogP contribution in [0.4, 0.5) is 10.1 Å². The van der Waals surface area contributed by atoms with Crippen LogP contribution in [0.15, 0.2) is 47.3 Å². The van der Waals surface area contributed by atoms with Gasteiger partial charge in [-0.2, -0.15) is 0 Å². The van der Waals surface area contributed by atoms with Crippen molar-refractivity contribution >= 4 is 16.6 Å². The largest absolute Gasteiger partial charge is 0.376 e. The van der Waals surface area contributed by atoms with Crippen molar-refractivity contribution in [2.75, 3.05) is 37.7 Å². The van der Waals surface area contributed by atoms with Gasteiger partial charge < -0.3 is 14.6 Å². The molecule has 2 saturated heterocycles. The molecule has 0 bridgehead atoms. The van der Waals surface area contributed by atoms with Gasteiger partial charge in [-0.1, -0.05) is 12.1 Å². The normalized spacial score (nSPS) is 19.3. The smallest absolute Gasteiger partial charge is 0.253 e. The molecule has 6 rings (SSSR count). The predicted molar refractivity (Wildman–Crippen MR) is 143 cm³/mol. The average Bonchev–Trinajstić information content (AvgIpc) is 3.61. The number of hydrogen-bond acceptors (Lipinski definition) is 7. The van der Waals surface area contributed by atoms with Crippen molar-refractivity contribution in [1.82, 2.24) is 30.1 Å². The zero-order valence-electron chi connectivity index (χ0n) is 21.7. The molecule has 9 nitrogen and oxygen atoms in total. The highest BCUT2D eigenvalue weighted by Gasteiger charge is 2.33. The Bertz CT molecular complexity index is 1490. The Morgan fingerprint density at radius 3 is 2.63 bits per heavy atom. The molecule has 0 amide bonds. The Balaban J connectivity index is 1.37. The number of ether oxygens (including phenoxy) is 1. The number of anilines is 1. The average molecular weight is 518 g/mol. The highest BCUT2D eigenvalue weighted by Crippen LogP contribution is 2.30. The van der Waals surface area contributed by atoms with Crippen LogP contribution in [0.25, 0.3) is 10.9 Å². The lowest BCUT2D eigenvalue weighted by molar-refractivity contribution is 0.0906. The van der Waals surface area contributed by atoms with Crippen molar-refractivity contribution < 1.29 is 9.13 Å². The fourth-order valence-electron chi connectivity index (χ4n) is 5.65. The van der Waals surface area contributed by atoms with Crippen LogP contribution in [0.1, 0.15) is 41.4 Å². The highest BCUT2D eigenvalue weighted by atomic mass is 19.1. The van der Waals surface area contributed by atoms with E-state index >= 15 is 0 Å². The molecule has 10 heteroatoms. The molecule has 2 aliphatic heterocycles. The lowest BCUT2D eigenvalue weighted by Gasteiger charge is -2.39. The van der Waals surface area contributed by atoms with Crippen LogP contribution in [0.2, 0.25) is 0 Å². The number of nitrogens with one attached hydrogen (secondary N) is 1. The molecule has 0 spiro atoms. The van der Waals surface area contributed by atoms with Crippen LogP contribution < -0.4 is 10.5 Å². The minimum Gasteiger partial charge on any atom is -0.376 e. The van der Waals surface area contributed by atoms with Crippen molar-refractivity contribution in [3.05, 3.63) is 81.2 Å². The molecule has 0 radical (unpaired) electrons. The van der Waals surface area contributed by atoms with Gasteiger partial charge in [0.2, 0.25) is 0 Å². The van der Waals surface area contributed by atoms with E-state index in [0.717, 1.165) is 60.3 Å². The number of rotatable bonds is 6. The number of nitrogens with zero attached hydrogens (tertiary/aromatic N) is 6. The summed E-state index contributed by atoms with van der Waals surface area (Å²) in [6.45, 7) is 8.24. The summed E-state index contributed by atoms with van der Waals surface area (Å²) < 4.78 is 21.1. The van der Waals surface area contributed by atoms with Gasteiger partial charge in [-0.3, -0.25) is 9.69 Å². The van der Waals surface area contributed by atoms with E-state index in [1.54, 1.807) is 4.68 Å². The van der Waals surface area contributed by atoms with Crippen molar-refractivity contribution in [1.29, 1.82) is 0 Å². The summed E-state index contributed by atoms with van der Waals surface area (Å²) in [5, 5.41) is 13.7. The van der Waals surface area contributed by atoms with Gasteiger partial charge in [0.15, 0.2) is 5.82 Å². The zero-order valence-corrected chi connectivity index (χ0v) is 21.7. The summed E-state index contributed by atoms with van der Waals surface area (Å²) in [7, 11) is 0. The summed E-state index contributed by atoms with van der Waals surface area (Å²) in [6.07, 6.45) is 2.06. The second-order valence-corrected chi connectivity index (χ2v) is 10.3. The van der Waals surface area contributed by atoms with Crippen LogP contribution in [0, 0.1) is 19.7 Å². The van der Waals surface area contributed by atoms with Gasteiger partial charge in [0.05, 0.1) is 18.2 Å². The van der Waals surface area contributed by atoms with Gasteiger partial charge in [0.25, 0.3) is 5.56 Å². The first-order valence-corrected chi connectivity index (χ1v) is 13.2. The Morgan fingerprint density at radius 1 is 1.11 bits per heavy atom. The fourth-order valence-corrected chi connectivity index (χ4v) is 5.65. The molecule has 0 aliphatic carbocycles. The van der Waals surface area contributed by atoms with Gasteiger partial charge in [-0.15, -0.1) is 5.10 Å². The first-order valence-electron chi connectivity index (χ1n) is 13.2. The third-order valence-corrected chi connectivity index (χ3v) is 7.95. The molecule has 4 heterocycles. The maximum absolute atomic E-state index is 13.6. The monoisotopic (exact) mass is 517 g/mol. The van der Waals surface area contributed by atoms with Crippen molar-refractivity contribution in [2.45, 2.75) is 45.4 Å². The third kappa shape index (κ3) is 4.69. The SMILES string of the molecule is Cc1ccc2cc([C@@H](c3nnnn3C[C@@H]3CCCO3)N3CCN(c4ccc(F)cc4)CC3)c(=O)[nH]c2c1C. The van der Waals surface area contributed by atoms with E-state index < -0.39 is 6.04 Å². The molecule has 198 valence electrons. The van der Waals surface area contributed by atoms with Gasteiger partial charge in [0.1, 0.15) is 11.9 Å². The minimum atomic E-state index is -0.420. The lowest BCUT2D eigenvalue weighted by atomic mass is 9.99. The second kappa shape index (κ2) is 10.3. The molecule has 2 atom stereocenters. The highest BCUT2D eigenvalue weighted by molar-refractivity contribution is 5.83. The van der Waals surface area contributed by atoms with Crippen molar-refractivity contribution in [2.24, 2.45) is 0 Å². The number of halogens is 1. The molecule has 2 fully saturated rings. The standard InChI is InChI=1S/C28H32FN7O2/c1-18-5-6-20-16-24(28(37)30-25(20)19(18)2)26(27-31-32-33-36(27)17-23-4-3-15-38-23)35-13-11-34(12-14-35)22-9-7-21(29)8-10-22/h5-10,16,23,26H,3-4,11-15,17H2,1-2H3,(H,30,37)/t23-,26-/m0/s1. The summed E-state index contributed by atoms with van der Waals surface area (Å²) >= 11 is 0. The number of fused-ring (bicyclic) bond motifs is 1. The molecule has 0 unspecified atom stereocenters. The fraction of sp³-hybridized carbons (Fsp3) is 0.429. The Hall–Kier alpha value is -3.63. The minimum absolute atomic E-state index is 0.0636. The number of tetrazole rings is 1. The maximum atomic E-state index is 13.6. The number of pyridine rings is 1. The van der Waals surface area contributed by atoms with Gasteiger partial charge in [-0.25, -0.2) is 9.07 Å². The number of piperazine rings is 1. The first kappa shape index (κ1) is 24.7. The van der Waals surface area contributed by atoms with E-state index in [0.29, 0.717) is 31.0 Å². The van der Waals surface area contributed by atoms with Gasteiger partial charge in [0, 0.05) is 44.0 Å². The number of aromatic nitrogens is 5. The number of H-pyrrole nitrogens is 1. The Labute approximate surface area is 220 Å². The third-order valence-electron chi connectivity index (χ3n) is 7.95. The second-order valence-electron chi connectivity index (χ2n) is 10.3. The quantitative estimate of drug-likeness (QED) is 0.419. The van der Waals surface area contributed by atoms with Crippen molar-refractivity contribution in [3.63, 3.8) is 0 Å².